The molecule has 20 heavy (non-hydrogen) atoms. The van der Waals surface area contributed by atoms with Crippen molar-refractivity contribution in [1.82, 2.24) is 9.03 Å². The summed E-state index contributed by atoms with van der Waals surface area (Å²) in [4.78, 5) is 1.33. The van der Waals surface area contributed by atoms with E-state index in [0.717, 1.165) is 25.7 Å². The minimum absolute atomic E-state index is 0.0287. The van der Waals surface area contributed by atoms with Crippen LogP contribution in [0.15, 0.2) is 17.5 Å². The molecule has 0 unspecified atom stereocenters. The smallest absolute Gasteiger partial charge is 0.201 e. The molecule has 0 radical (unpaired) electrons. The van der Waals surface area contributed by atoms with Crippen molar-refractivity contribution >= 4 is 21.5 Å². The van der Waals surface area contributed by atoms with Gasteiger partial charge in [0.1, 0.15) is 0 Å². The van der Waals surface area contributed by atoms with E-state index in [0.29, 0.717) is 19.6 Å². The summed E-state index contributed by atoms with van der Waals surface area (Å²) in [7, 11) is -3.29. The van der Waals surface area contributed by atoms with Gasteiger partial charge in [-0.15, -0.1) is 11.3 Å². The molecule has 1 N–H and O–H groups in total. The SMILES string of the molecule is O=S(=O)(NCC1(c2cccs2)CCCC1)N1CCCC1. The van der Waals surface area contributed by atoms with Gasteiger partial charge in [0.25, 0.3) is 10.2 Å². The van der Waals surface area contributed by atoms with Crippen LogP contribution in [0.1, 0.15) is 43.4 Å². The van der Waals surface area contributed by atoms with Crippen molar-refractivity contribution in [2.24, 2.45) is 0 Å². The van der Waals surface area contributed by atoms with Gasteiger partial charge in [0.05, 0.1) is 0 Å². The van der Waals surface area contributed by atoms with E-state index in [1.807, 2.05) is 0 Å². The number of rotatable bonds is 5. The van der Waals surface area contributed by atoms with E-state index in [2.05, 4.69) is 22.2 Å². The van der Waals surface area contributed by atoms with Crippen LogP contribution in [0.3, 0.4) is 0 Å². The van der Waals surface area contributed by atoms with Crippen molar-refractivity contribution in [2.45, 2.75) is 43.9 Å². The zero-order valence-electron chi connectivity index (χ0n) is 11.7. The average Bonchev–Trinajstić information content (AvgIpc) is 3.16. The van der Waals surface area contributed by atoms with Crippen molar-refractivity contribution in [1.29, 1.82) is 0 Å². The minimum Gasteiger partial charge on any atom is -0.201 e. The van der Waals surface area contributed by atoms with E-state index in [4.69, 9.17) is 0 Å². The Labute approximate surface area is 125 Å². The summed E-state index contributed by atoms with van der Waals surface area (Å²) in [6.07, 6.45) is 6.55. The Morgan fingerprint density at radius 2 is 1.90 bits per heavy atom. The van der Waals surface area contributed by atoms with Crippen molar-refractivity contribution in [3.63, 3.8) is 0 Å². The first-order valence-corrected chi connectivity index (χ1v) is 9.73. The molecule has 1 aromatic heterocycles. The Balaban J connectivity index is 1.72. The maximum Gasteiger partial charge on any atom is 0.279 e. The Morgan fingerprint density at radius 3 is 2.50 bits per heavy atom. The Morgan fingerprint density at radius 1 is 1.20 bits per heavy atom. The van der Waals surface area contributed by atoms with Gasteiger partial charge >= 0.3 is 0 Å². The second-order valence-electron chi connectivity index (χ2n) is 5.90. The topological polar surface area (TPSA) is 49.4 Å². The summed E-state index contributed by atoms with van der Waals surface area (Å²) in [5, 5.41) is 2.09. The lowest BCUT2D eigenvalue weighted by Gasteiger charge is -2.29. The Bertz CT molecular complexity index is 528. The van der Waals surface area contributed by atoms with Crippen LogP contribution in [0.25, 0.3) is 0 Å². The van der Waals surface area contributed by atoms with E-state index in [-0.39, 0.29) is 5.41 Å². The highest BCUT2D eigenvalue weighted by atomic mass is 32.2. The fourth-order valence-electron chi connectivity index (χ4n) is 3.39. The molecular formula is C14H22N2O2S2. The van der Waals surface area contributed by atoms with Crippen LogP contribution in [0.5, 0.6) is 0 Å². The van der Waals surface area contributed by atoms with Crippen LogP contribution in [-0.4, -0.2) is 32.4 Å². The molecule has 0 spiro atoms. The third-order valence-corrected chi connectivity index (χ3v) is 7.27. The molecule has 0 atom stereocenters. The van der Waals surface area contributed by atoms with Crippen LogP contribution in [0.2, 0.25) is 0 Å². The first-order valence-electron chi connectivity index (χ1n) is 7.41. The quantitative estimate of drug-likeness (QED) is 0.908. The minimum atomic E-state index is -3.29. The molecule has 1 saturated carbocycles. The predicted octanol–water partition coefficient (Wildman–Crippen LogP) is 2.49. The second-order valence-corrected chi connectivity index (χ2v) is 8.60. The fourth-order valence-corrected chi connectivity index (χ4v) is 5.76. The van der Waals surface area contributed by atoms with Gasteiger partial charge in [-0.25, -0.2) is 4.72 Å². The lowest BCUT2D eigenvalue weighted by atomic mass is 9.85. The highest BCUT2D eigenvalue weighted by Crippen LogP contribution is 2.42. The molecule has 1 aliphatic heterocycles. The normalized spacial score (nSPS) is 23.4. The molecule has 0 amide bonds. The summed E-state index contributed by atoms with van der Waals surface area (Å²) in [6, 6.07) is 4.22. The molecule has 6 heteroatoms. The Hall–Kier alpha value is -0.430. The Kier molecular flexibility index (Phi) is 4.17. The first kappa shape index (κ1) is 14.5. The molecule has 2 fully saturated rings. The average molecular weight is 314 g/mol. The maximum absolute atomic E-state index is 12.3. The molecule has 2 heterocycles. The molecule has 112 valence electrons. The van der Waals surface area contributed by atoms with E-state index in [1.165, 1.54) is 17.7 Å². The molecule has 4 nitrogen and oxygen atoms in total. The van der Waals surface area contributed by atoms with Gasteiger partial charge in [0, 0.05) is 29.9 Å². The molecule has 0 aromatic carbocycles. The molecule has 1 aromatic rings. The molecule has 1 aliphatic carbocycles. The zero-order chi connectivity index (χ0) is 14.1. The standard InChI is InChI=1S/C14H22N2O2S2/c17-20(18,16-9-3-4-10-16)15-12-14(7-1-2-8-14)13-6-5-11-19-13/h5-6,11,15H,1-4,7-10,12H2. The first-order chi connectivity index (χ1) is 9.62. The maximum atomic E-state index is 12.3. The van der Waals surface area contributed by atoms with E-state index >= 15 is 0 Å². The number of nitrogens with zero attached hydrogens (tertiary/aromatic N) is 1. The number of hydrogen-bond donors (Lipinski definition) is 1. The van der Waals surface area contributed by atoms with Crippen LogP contribution in [0, 0.1) is 0 Å². The summed E-state index contributed by atoms with van der Waals surface area (Å²) in [5.41, 5.74) is 0.0287. The van der Waals surface area contributed by atoms with Crippen molar-refractivity contribution in [2.75, 3.05) is 19.6 Å². The number of thiophene rings is 1. The van der Waals surface area contributed by atoms with Gasteiger partial charge in [-0.3, -0.25) is 0 Å². The van der Waals surface area contributed by atoms with Crippen LogP contribution < -0.4 is 4.72 Å². The summed E-state index contributed by atoms with van der Waals surface area (Å²) in [6.45, 7) is 1.88. The highest BCUT2D eigenvalue weighted by Gasteiger charge is 2.38. The van der Waals surface area contributed by atoms with Gasteiger partial charge in [0.15, 0.2) is 0 Å². The number of hydrogen-bond acceptors (Lipinski definition) is 3. The van der Waals surface area contributed by atoms with Crippen molar-refractivity contribution < 1.29 is 8.42 Å². The van der Waals surface area contributed by atoms with Crippen LogP contribution in [-0.2, 0) is 15.6 Å². The molecule has 1 saturated heterocycles. The van der Waals surface area contributed by atoms with Crippen LogP contribution in [0.4, 0.5) is 0 Å². The number of nitrogens with one attached hydrogen (secondary N) is 1. The van der Waals surface area contributed by atoms with Crippen molar-refractivity contribution in [3.8, 4) is 0 Å². The summed E-state index contributed by atoms with van der Waals surface area (Å²) in [5.74, 6) is 0. The van der Waals surface area contributed by atoms with Crippen molar-refractivity contribution in [3.05, 3.63) is 22.4 Å². The van der Waals surface area contributed by atoms with Gasteiger partial charge < -0.3 is 0 Å². The van der Waals surface area contributed by atoms with E-state index < -0.39 is 10.2 Å². The van der Waals surface area contributed by atoms with Crippen LogP contribution >= 0.6 is 11.3 Å². The van der Waals surface area contributed by atoms with Gasteiger partial charge in [-0.2, -0.15) is 12.7 Å². The second kappa shape index (κ2) is 5.75. The molecule has 2 aliphatic rings. The fraction of sp³-hybridized carbons (Fsp3) is 0.714. The summed E-state index contributed by atoms with van der Waals surface area (Å²) >= 11 is 1.75. The predicted molar refractivity (Wildman–Crippen MR) is 82.2 cm³/mol. The van der Waals surface area contributed by atoms with E-state index in [1.54, 1.807) is 15.6 Å². The van der Waals surface area contributed by atoms with E-state index in [9.17, 15) is 8.42 Å². The third-order valence-electron chi connectivity index (χ3n) is 4.60. The largest absolute Gasteiger partial charge is 0.279 e. The monoisotopic (exact) mass is 314 g/mol. The van der Waals surface area contributed by atoms with Gasteiger partial charge in [-0.05, 0) is 37.1 Å². The lowest BCUT2D eigenvalue weighted by molar-refractivity contribution is 0.417. The molecule has 0 bridgehead atoms. The summed E-state index contributed by atoms with van der Waals surface area (Å²) < 4.78 is 29.1. The zero-order valence-corrected chi connectivity index (χ0v) is 13.3. The lowest BCUT2D eigenvalue weighted by Crippen LogP contribution is -2.45. The third kappa shape index (κ3) is 2.79. The molecule has 3 rings (SSSR count). The van der Waals surface area contributed by atoms with Gasteiger partial charge in [0.2, 0.25) is 0 Å². The molecular weight excluding hydrogens is 292 g/mol. The highest BCUT2D eigenvalue weighted by molar-refractivity contribution is 7.87. The van der Waals surface area contributed by atoms with Gasteiger partial charge in [-0.1, -0.05) is 18.9 Å².